The van der Waals surface area contributed by atoms with Crippen molar-refractivity contribution < 1.29 is 24.6 Å². The molecular weight excluding hydrogens is 284 g/mol. The number of hydrogen-bond acceptors (Lipinski definition) is 4. The van der Waals surface area contributed by atoms with Gasteiger partial charge in [-0.25, -0.2) is 14.4 Å². The lowest BCUT2D eigenvalue weighted by Gasteiger charge is -2.16. The molecule has 1 aromatic rings. The van der Waals surface area contributed by atoms with E-state index >= 15 is 0 Å². The third kappa shape index (κ3) is 4.54. The molecule has 1 atom stereocenters. The number of rotatable bonds is 6. The molecule has 1 aromatic heterocycles. The van der Waals surface area contributed by atoms with Gasteiger partial charge in [0.25, 0.3) is 0 Å². The predicted octanol–water partition coefficient (Wildman–Crippen LogP) is 2.07. The number of aromatic carboxylic acids is 1. The number of nitrogens with one attached hydrogen (secondary N) is 2. The molecule has 0 saturated carbocycles. The second kappa shape index (κ2) is 6.90. The van der Waals surface area contributed by atoms with Crippen molar-refractivity contribution in [2.24, 2.45) is 5.92 Å². The summed E-state index contributed by atoms with van der Waals surface area (Å²) in [5, 5.41) is 24.3. The topological polar surface area (TPSA) is 116 Å². The number of carboxylic acids is 2. The summed E-state index contributed by atoms with van der Waals surface area (Å²) in [7, 11) is 0. The van der Waals surface area contributed by atoms with Gasteiger partial charge in [0.05, 0.1) is 5.56 Å². The van der Waals surface area contributed by atoms with Gasteiger partial charge >= 0.3 is 18.0 Å². The Bertz CT molecular complexity index is 512. The van der Waals surface area contributed by atoms with Crippen molar-refractivity contribution in [1.29, 1.82) is 0 Å². The Morgan fingerprint density at radius 3 is 2.45 bits per heavy atom. The summed E-state index contributed by atoms with van der Waals surface area (Å²) in [5.41, 5.74) is -0.0270. The van der Waals surface area contributed by atoms with Crippen molar-refractivity contribution in [2.75, 3.05) is 5.32 Å². The molecule has 2 amide bonds. The number of carbonyl (C=O) groups excluding carboxylic acids is 1. The molecule has 7 nitrogen and oxygen atoms in total. The normalized spacial score (nSPS) is 11.9. The quantitative estimate of drug-likeness (QED) is 0.642. The fourth-order valence-corrected chi connectivity index (χ4v) is 2.34. The number of aliphatic carboxylic acids is 1. The van der Waals surface area contributed by atoms with Crippen LogP contribution in [0.1, 0.15) is 30.6 Å². The highest BCUT2D eigenvalue weighted by Crippen LogP contribution is 2.22. The number of hydrogen-bond donors (Lipinski definition) is 4. The maximum Gasteiger partial charge on any atom is 0.338 e. The van der Waals surface area contributed by atoms with E-state index in [1.54, 1.807) is 0 Å². The van der Waals surface area contributed by atoms with Crippen LogP contribution in [0.25, 0.3) is 0 Å². The van der Waals surface area contributed by atoms with Crippen LogP contribution in [0.15, 0.2) is 11.4 Å². The van der Waals surface area contributed by atoms with Crippen LogP contribution < -0.4 is 10.6 Å². The van der Waals surface area contributed by atoms with Gasteiger partial charge in [0, 0.05) is 0 Å². The number of carboxylic acid groups (broad SMARTS) is 2. The molecule has 0 saturated heterocycles. The third-order valence-electron chi connectivity index (χ3n) is 2.43. The molecule has 0 spiro atoms. The Balaban J connectivity index is 2.68. The summed E-state index contributed by atoms with van der Waals surface area (Å²) in [6, 6.07) is -0.378. The Morgan fingerprint density at radius 1 is 1.30 bits per heavy atom. The second-order valence-corrected chi connectivity index (χ2v) is 5.50. The van der Waals surface area contributed by atoms with Gasteiger partial charge in [0.15, 0.2) is 0 Å². The fourth-order valence-electron chi connectivity index (χ4n) is 1.56. The van der Waals surface area contributed by atoms with Crippen LogP contribution in [0.2, 0.25) is 0 Å². The summed E-state index contributed by atoms with van der Waals surface area (Å²) >= 11 is 1.06. The minimum atomic E-state index is -1.15. The van der Waals surface area contributed by atoms with E-state index in [-0.39, 0.29) is 16.5 Å². The van der Waals surface area contributed by atoms with Crippen LogP contribution in [-0.4, -0.2) is 34.2 Å². The molecule has 1 heterocycles. The van der Waals surface area contributed by atoms with E-state index in [4.69, 9.17) is 10.2 Å². The summed E-state index contributed by atoms with van der Waals surface area (Å²) in [5.74, 6) is -2.18. The van der Waals surface area contributed by atoms with Crippen LogP contribution in [0, 0.1) is 5.92 Å². The summed E-state index contributed by atoms with van der Waals surface area (Å²) in [6.07, 6.45) is 0.291. The number of carbonyl (C=O) groups is 3. The maximum atomic E-state index is 11.7. The first kappa shape index (κ1) is 16.0. The Kier molecular flexibility index (Phi) is 5.51. The molecule has 0 aliphatic heterocycles. The number of anilines is 1. The summed E-state index contributed by atoms with van der Waals surface area (Å²) in [4.78, 5) is 33.6. The molecule has 8 heteroatoms. The molecule has 0 radical (unpaired) electrons. The lowest BCUT2D eigenvalue weighted by atomic mass is 10.0. The Morgan fingerprint density at radius 2 is 1.95 bits per heavy atom. The highest BCUT2D eigenvalue weighted by molar-refractivity contribution is 7.14. The summed E-state index contributed by atoms with van der Waals surface area (Å²) in [6.45, 7) is 3.69. The maximum absolute atomic E-state index is 11.7. The van der Waals surface area contributed by atoms with Crippen LogP contribution in [0.4, 0.5) is 9.80 Å². The average molecular weight is 300 g/mol. The standard InChI is InChI=1S/C12H16N2O5S/c1-6(2)5-8(11(17)18)13-12(19)14-9-7(10(15)16)3-4-20-9/h3-4,6,8H,5H2,1-2H3,(H,15,16)(H,17,18)(H2,13,14,19). The smallest absolute Gasteiger partial charge is 0.338 e. The summed E-state index contributed by atoms with van der Waals surface area (Å²) < 4.78 is 0. The van der Waals surface area contributed by atoms with Gasteiger partial charge in [-0.1, -0.05) is 13.8 Å². The lowest BCUT2D eigenvalue weighted by molar-refractivity contribution is -0.139. The van der Waals surface area contributed by atoms with Crippen molar-refractivity contribution in [3.8, 4) is 0 Å². The molecule has 1 rings (SSSR count). The van der Waals surface area contributed by atoms with E-state index in [9.17, 15) is 14.4 Å². The molecule has 0 aliphatic rings. The van der Waals surface area contributed by atoms with Crippen molar-refractivity contribution in [3.63, 3.8) is 0 Å². The Labute approximate surface area is 119 Å². The third-order valence-corrected chi connectivity index (χ3v) is 3.26. The zero-order valence-corrected chi connectivity index (χ0v) is 11.9. The first-order valence-corrected chi connectivity index (χ1v) is 6.80. The molecule has 1 unspecified atom stereocenters. The molecule has 0 fully saturated rings. The van der Waals surface area contributed by atoms with Crippen molar-refractivity contribution in [1.82, 2.24) is 5.32 Å². The first-order chi connectivity index (χ1) is 9.31. The average Bonchev–Trinajstić information content (AvgIpc) is 2.75. The molecular formula is C12H16N2O5S. The SMILES string of the molecule is CC(C)CC(NC(=O)Nc1sccc1C(=O)O)C(=O)O. The van der Waals surface area contributed by atoms with Gasteiger partial charge < -0.3 is 15.5 Å². The van der Waals surface area contributed by atoms with E-state index in [2.05, 4.69) is 10.6 Å². The minimum Gasteiger partial charge on any atom is -0.480 e. The van der Waals surface area contributed by atoms with Crippen molar-refractivity contribution in [3.05, 3.63) is 17.0 Å². The van der Waals surface area contributed by atoms with Gasteiger partial charge in [-0.05, 0) is 23.8 Å². The zero-order valence-electron chi connectivity index (χ0n) is 11.0. The second-order valence-electron chi connectivity index (χ2n) is 4.59. The molecule has 0 aromatic carbocycles. The highest BCUT2D eigenvalue weighted by atomic mass is 32.1. The zero-order chi connectivity index (χ0) is 15.3. The van der Waals surface area contributed by atoms with E-state index in [0.29, 0.717) is 6.42 Å². The van der Waals surface area contributed by atoms with E-state index < -0.39 is 24.0 Å². The largest absolute Gasteiger partial charge is 0.480 e. The van der Waals surface area contributed by atoms with Crippen molar-refractivity contribution in [2.45, 2.75) is 26.3 Å². The van der Waals surface area contributed by atoms with Crippen molar-refractivity contribution >= 4 is 34.3 Å². The number of thiophene rings is 1. The van der Waals surface area contributed by atoms with E-state index in [0.717, 1.165) is 11.3 Å². The fraction of sp³-hybridized carbons (Fsp3) is 0.417. The molecule has 20 heavy (non-hydrogen) atoms. The molecule has 110 valence electrons. The van der Waals surface area contributed by atoms with E-state index in [1.165, 1.54) is 11.4 Å². The van der Waals surface area contributed by atoms with Crippen LogP contribution in [-0.2, 0) is 4.79 Å². The van der Waals surface area contributed by atoms with Gasteiger partial charge in [-0.2, -0.15) is 0 Å². The van der Waals surface area contributed by atoms with Crippen LogP contribution >= 0.6 is 11.3 Å². The molecule has 0 bridgehead atoms. The van der Waals surface area contributed by atoms with Crippen LogP contribution in [0.3, 0.4) is 0 Å². The molecule has 0 aliphatic carbocycles. The lowest BCUT2D eigenvalue weighted by Crippen LogP contribution is -2.43. The minimum absolute atomic E-state index is 0.0270. The van der Waals surface area contributed by atoms with Gasteiger partial charge in [0.1, 0.15) is 11.0 Å². The van der Waals surface area contributed by atoms with Gasteiger partial charge in [0.2, 0.25) is 0 Å². The van der Waals surface area contributed by atoms with E-state index in [1.807, 2.05) is 13.8 Å². The van der Waals surface area contributed by atoms with Crippen LogP contribution in [0.5, 0.6) is 0 Å². The van der Waals surface area contributed by atoms with Gasteiger partial charge in [-0.3, -0.25) is 5.32 Å². The monoisotopic (exact) mass is 300 g/mol. The Hall–Kier alpha value is -2.09. The van der Waals surface area contributed by atoms with Gasteiger partial charge in [-0.15, -0.1) is 11.3 Å². The highest BCUT2D eigenvalue weighted by Gasteiger charge is 2.22. The molecule has 4 N–H and O–H groups in total. The number of urea groups is 1. The number of amides is 2. The predicted molar refractivity (Wildman–Crippen MR) is 74.3 cm³/mol. The first-order valence-electron chi connectivity index (χ1n) is 5.92.